The largest absolute Gasteiger partial charge is 0.278 e. The zero-order valence-electron chi connectivity index (χ0n) is 17.6. The molecule has 3 aromatic rings. The number of fused-ring (bicyclic) bond motifs is 3. The molecule has 5 nitrogen and oxygen atoms in total. The summed E-state index contributed by atoms with van der Waals surface area (Å²) < 4.78 is 0. The molecule has 0 spiro atoms. The fourth-order valence-corrected chi connectivity index (χ4v) is 7.18. The molecule has 1 aliphatic heterocycles. The average Bonchev–Trinajstić information content (AvgIpc) is 3.06. The number of likely N-dealkylation sites (tertiary alicyclic amines) is 1. The fraction of sp³-hybridized carbons (Fsp3) is 0.417. The lowest BCUT2D eigenvalue weighted by molar-refractivity contribution is -0.127. The summed E-state index contributed by atoms with van der Waals surface area (Å²) in [7, 11) is 0. The van der Waals surface area contributed by atoms with Gasteiger partial charge in [0.15, 0.2) is 0 Å². The highest BCUT2D eigenvalue weighted by molar-refractivity contribution is 8.00. The smallest absolute Gasteiger partial charge is 0.260 e. The van der Waals surface area contributed by atoms with Crippen LogP contribution in [0.3, 0.4) is 0 Å². The summed E-state index contributed by atoms with van der Waals surface area (Å²) in [6.07, 6.45) is 7.13. The second kappa shape index (κ2) is 8.71. The van der Waals surface area contributed by atoms with E-state index in [2.05, 4.69) is 0 Å². The first kappa shape index (κ1) is 20.6. The van der Waals surface area contributed by atoms with Crippen molar-refractivity contribution in [3.05, 3.63) is 52.2 Å². The number of aromatic nitrogens is 2. The maximum atomic E-state index is 13.5. The maximum absolute atomic E-state index is 13.5. The number of aryl methyl sites for hydroxylation is 3. The van der Waals surface area contributed by atoms with E-state index >= 15 is 0 Å². The van der Waals surface area contributed by atoms with Crippen LogP contribution in [0.1, 0.15) is 58.7 Å². The number of carbonyl (C=O) groups excluding carboxylic acids is 2. The summed E-state index contributed by atoms with van der Waals surface area (Å²) in [5.74, 6) is 0.451. The van der Waals surface area contributed by atoms with Crippen LogP contribution in [0.2, 0.25) is 0 Å². The van der Waals surface area contributed by atoms with Crippen LogP contribution in [-0.4, -0.2) is 38.5 Å². The van der Waals surface area contributed by atoms with Crippen molar-refractivity contribution in [3.63, 3.8) is 0 Å². The lowest BCUT2D eigenvalue weighted by Crippen LogP contribution is -2.41. The minimum absolute atomic E-state index is 0.0927. The number of hydrogen-bond acceptors (Lipinski definition) is 6. The molecule has 2 amide bonds. The minimum Gasteiger partial charge on any atom is -0.278 e. The Morgan fingerprint density at radius 2 is 1.90 bits per heavy atom. The van der Waals surface area contributed by atoms with Crippen molar-refractivity contribution in [1.82, 2.24) is 14.9 Å². The van der Waals surface area contributed by atoms with Gasteiger partial charge in [-0.25, -0.2) is 9.97 Å². The first-order valence-electron chi connectivity index (χ1n) is 11.0. The third-order valence-electron chi connectivity index (χ3n) is 6.05. The molecule has 3 heterocycles. The van der Waals surface area contributed by atoms with E-state index in [1.54, 1.807) is 23.5 Å². The molecule has 0 N–H and O–H groups in total. The molecule has 2 aliphatic rings. The van der Waals surface area contributed by atoms with Gasteiger partial charge in [0.05, 0.1) is 5.25 Å². The molecule has 0 unspecified atom stereocenters. The number of hydrogen-bond donors (Lipinski definition) is 0. The average molecular weight is 452 g/mol. The van der Waals surface area contributed by atoms with Gasteiger partial charge < -0.3 is 0 Å². The van der Waals surface area contributed by atoms with Gasteiger partial charge in [-0.05, 0) is 63.1 Å². The number of thiophene rings is 1. The molecule has 7 heteroatoms. The Labute approximate surface area is 190 Å². The number of benzene rings is 1. The first-order chi connectivity index (χ1) is 15.1. The fourth-order valence-electron chi connectivity index (χ4n) is 4.50. The van der Waals surface area contributed by atoms with Crippen molar-refractivity contribution >= 4 is 45.1 Å². The van der Waals surface area contributed by atoms with Crippen LogP contribution in [0.25, 0.3) is 10.2 Å². The molecule has 1 saturated heterocycles. The molecule has 1 aliphatic carbocycles. The predicted molar refractivity (Wildman–Crippen MR) is 125 cm³/mol. The van der Waals surface area contributed by atoms with Crippen LogP contribution in [0, 0.1) is 6.92 Å². The van der Waals surface area contributed by atoms with Gasteiger partial charge in [-0.1, -0.05) is 36.4 Å². The van der Waals surface area contributed by atoms with Crippen molar-refractivity contribution in [2.45, 2.75) is 62.1 Å². The van der Waals surface area contributed by atoms with Gasteiger partial charge in [0, 0.05) is 22.4 Å². The Balaban J connectivity index is 1.48. The highest BCUT2D eigenvalue weighted by Gasteiger charge is 2.33. The second-order valence-corrected chi connectivity index (χ2v) is 10.5. The van der Waals surface area contributed by atoms with E-state index in [9.17, 15) is 9.59 Å². The first-order valence-corrected chi connectivity index (χ1v) is 12.7. The monoisotopic (exact) mass is 451 g/mol. The molecule has 31 heavy (non-hydrogen) atoms. The van der Waals surface area contributed by atoms with Crippen LogP contribution in [0.4, 0.5) is 0 Å². The molecule has 2 aromatic heterocycles. The molecule has 0 radical (unpaired) electrons. The number of rotatable bonds is 3. The van der Waals surface area contributed by atoms with Crippen molar-refractivity contribution in [2.75, 3.05) is 6.54 Å². The summed E-state index contributed by atoms with van der Waals surface area (Å²) in [6.45, 7) is 2.40. The maximum Gasteiger partial charge on any atom is 0.260 e. The number of nitrogens with zero attached hydrogens (tertiary/aromatic N) is 3. The van der Waals surface area contributed by atoms with Gasteiger partial charge >= 0.3 is 0 Å². The van der Waals surface area contributed by atoms with Crippen LogP contribution in [0.5, 0.6) is 0 Å². The Bertz CT molecular complexity index is 1140. The molecule has 0 bridgehead atoms. The summed E-state index contributed by atoms with van der Waals surface area (Å²) >= 11 is 3.32. The number of thioether (sulfide) groups is 1. The van der Waals surface area contributed by atoms with E-state index < -0.39 is 0 Å². The van der Waals surface area contributed by atoms with E-state index in [4.69, 9.17) is 9.97 Å². The number of carbonyl (C=O) groups is 2. The van der Waals surface area contributed by atoms with E-state index in [1.807, 2.05) is 25.1 Å². The Morgan fingerprint density at radius 3 is 2.74 bits per heavy atom. The van der Waals surface area contributed by atoms with E-state index in [0.717, 1.165) is 53.2 Å². The van der Waals surface area contributed by atoms with Gasteiger partial charge in [-0.15, -0.1) is 11.3 Å². The Morgan fingerprint density at radius 1 is 1.10 bits per heavy atom. The van der Waals surface area contributed by atoms with Crippen molar-refractivity contribution in [3.8, 4) is 0 Å². The van der Waals surface area contributed by atoms with Gasteiger partial charge in [0.25, 0.3) is 5.91 Å². The quantitative estimate of drug-likeness (QED) is 0.405. The zero-order valence-corrected chi connectivity index (χ0v) is 19.2. The summed E-state index contributed by atoms with van der Waals surface area (Å²) in [5, 5.41) is 1.76. The van der Waals surface area contributed by atoms with E-state index in [-0.39, 0.29) is 17.1 Å². The van der Waals surface area contributed by atoms with Crippen LogP contribution in [-0.2, 0) is 17.6 Å². The standard InChI is InChI=1S/C24H25N3O2S2/c1-15-25-21-20(17-11-5-6-12-18(17)30-21)22(26-15)31-19-13-7-8-14-27(24(19)29)23(28)16-9-3-2-4-10-16/h2-4,9-10,19H,5-8,11-14H2,1H3/t19-/m0/s1. The third-order valence-corrected chi connectivity index (χ3v) is 8.48. The molecular weight excluding hydrogens is 426 g/mol. The second-order valence-electron chi connectivity index (χ2n) is 8.23. The van der Waals surface area contributed by atoms with Gasteiger partial charge in [-0.3, -0.25) is 14.5 Å². The normalized spacial score (nSPS) is 19.3. The SMILES string of the molecule is Cc1nc(S[C@H]2CCCCN(C(=O)c3ccccc3)C2=O)c2c3c(sc2n1)CCCC3. The van der Waals surface area contributed by atoms with Crippen molar-refractivity contribution in [2.24, 2.45) is 0 Å². The summed E-state index contributed by atoms with van der Waals surface area (Å²) in [5.41, 5.74) is 1.95. The summed E-state index contributed by atoms with van der Waals surface area (Å²) in [4.78, 5) is 39.9. The van der Waals surface area contributed by atoms with Crippen LogP contribution in [0.15, 0.2) is 35.4 Å². The third kappa shape index (κ3) is 4.01. The number of amides is 2. The Hall–Kier alpha value is -2.25. The molecule has 1 aromatic carbocycles. The van der Waals surface area contributed by atoms with Gasteiger partial charge in [0.2, 0.25) is 5.91 Å². The van der Waals surface area contributed by atoms with Gasteiger partial charge in [-0.2, -0.15) is 0 Å². The lowest BCUT2D eigenvalue weighted by Gasteiger charge is -2.22. The van der Waals surface area contributed by atoms with Gasteiger partial charge in [0.1, 0.15) is 15.7 Å². The lowest BCUT2D eigenvalue weighted by atomic mass is 9.97. The molecular formula is C24H25N3O2S2. The Kier molecular flexibility index (Phi) is 5.80. The number of imide groups is 1. The molecule has 1 fully saturated rings. The van der Waals surface area contributed by atoms with E-state index in [1.165, 1.54) is 39.9 Å². The summed E-state index contributed by atoms with van der Waals surface area (Å²) in [6, 6.07) is 9.10. The van der Waals surface area contributed by atoms with Crippen molar-refractivity contribution in [1.29, 1.82) is 0 Å². The predicted octanol–water partition coefficient (Wildman–Crippen LogP) is 5.19. The highest BCUT2D eigenvalue weighted by Crippen LogP contribution is 2.41. The topological polar surface area (TPSA) is 63.2 Å². The molecule has 160 valence electrons. The van der Waals surface area contributed by atoms with Crippen molar-refractivity contribution < 1.29 is 9.59 Å². The zero-order chi connectivity index (χ0) is 21.4. The minimum atomic E-state index is -0.299. The highest BCUT2D eigenvalue weighted by atomic mass is 32.2. The molecule has 5 rings (SSSR count). The molecule has 1 atom stereocenters. The molecule has 0 saturated carbocycles. The van der Waals surface area contributed by atoms with Crippen LogP contribution >= 0.6 is 23.1 Å². The van der Waals surface area contributed by atoms with E-state index in [0.29, 0.717) is 12.1 Å². The van der Waals surface area contributed by atoms with Crippen LogP contribution < -0.4 is 0 Å².